The highest BCUT2D eigenvalue weighted by Gasteiger charge is 2.36. The van der Waals surface area contributed by atoms with Gasteiger partial charge in [-0.2, -0.15) is 5.26 Å². The molecule has 0 spiro atoms. The Balaban J connectivity index is 1.91. The number of nitrogens with zero attached hydrogens (tertiary/aromatic N) is 3. The summed E-state index contributed by atoms with van der Waals surface area (Å²) in [6, 6.07) is 10.7. The fourth-order valence-electron chi connectivity index (χ4n) is 2.98. The molecule has 1 aromatic heterocycles. The van der Waals surface area contributed by atoms with Crippen LogP contribution >= 0.6 is 0 Å². The molecule has 2 unspecified atom stereocenters. The molecule has 0 saturated carbocycles. The number of pyridine rings is 1. The number of rotatable bonds is 2. The molecule has 2 heterocycles. The van der Waals surface area contributed by atoms with Gasteiger partial charge in [-0.25, -0.2) is 9.37 Å². The van der Waals surface area contributed by atoms with Crippen LogP contribution in [0.4, 0.5) is 4.39 Å². The van der Waals surface area contributed by atoms with Gasteiger partial charge in [0.1, 0.15) is 17.6 Å². The molecule has 1 saturated heterocycles. The number of hydrogen-bond donors (Lipinski definition) is 1. The van der Waals surface area contributed by atoms with E-state index in [2.05, 4.69) is 4.98 Å². The first-order valence-electron chi connectivity index (χ1n) is 7.62. The number of likely N-dealkylation sites (tertiary alicyclic amines) is 1. The molecule has 1 aromatic carbocycles. The Morgan fingerprint density at radius 3 is 2.67 bits per heavy atom. The van der Waals surface area contributed by atoms with Crippen LogP contribution < -0.4 is 0 Å². The lowest BCUT2D eigenvalue weighted by Gasteiger charge is -2.24. The maximum atomic E-state index is 13.1. The first kappa shape index (κ1) is 16.1. The van der Waals surface area contributed by atoms with Crippen LogP contribution in [-0.4, -0.2) is 33.5 Å². The monoisotopic (exact) mass is 325 g/mol. The number of carbonyl (C=O) groups excluding carboxylic acids is 1. The number of aliphatic hydroxyl groups is 1. The van der Waals surface area contributed by atoms with Crippen molar-refractivity contribution in [2.75, 3.05) is 6.54 Å². The van der Waals surface area contributed by atoms with Crippen molar-refractivity contribution in [2.45, 2.75) is 25.5 Å². The van der Waals surface area contributed by atoms with Crippen LogP contribution in [0, 0.1) is 24.1 Å². The summed E-state index contributed by atoms with van der Waals surface area (Å²) in [5.41, 5.74) is 1.91. The zero-order chi connectivity index (χ0) is 17.3. The Morgan fingerprint density at radius 2 is 2.04 bits per heavy atom. The predicted octanol–water partition coefficient (Wildman–Crippen LogP) is 2.35. The number of β-amino-alcohol motifs (C(OH)–C–C–N with tert-alkyl or cyclic N) is 1. The van der Waals surface area contributed by atoms with E-state index < -0.39 is 6.10 Å². The van der Waals surface area contributed by atoms with Gasteiger partial charge in [-0.15, -0.1) is 0 Å². The van der Waals surface area contributed by atoms with Gasteiger partial charge in [0, 0.05) is 6.54 Å². The number of benzene rings is 1. The average molecular weight is 325 g/mol. The minimum Gasteiger partial charge on any atom is -0.391 e. The maximum Gasteiger partial charge on any atom is 0.273 e. The van der Waals surface area contributed by atoms with E-state index in [1.54, 1.807) is 30.0 Å². The van der Waals surface area contributed by atoms with Crippen molar-refractivity contribution in [3.05, 3.63) is 64.7 Å². The van der Waals surface area contributed by atoms with E-state index in [1.807, 2.05) is 6.07 Å². The number of aliphatic hydroxyl groups excluding tert-OH is 1. The molecule has 1 aliphatic heterocycles. The highest BCUT2D eigenvalue weighted by molar-refractivity contribution is 5.93. The van der Waals surface area contributed by atoms with Crippen LogP contribution in [-0.2, 0) is 0 Å². The summed E-state index contributed by atoms with van der Waals surface area (Å²) in [7, 11) is 0. The van der Waals surface area contributed by atoms with Gasteiger partial charge in [0.05, 0.1) is 23.4 Å². The quantitative estimate of drug-likeness (QED) is 0.919. The number of aryl methyl sites for hydroxylation is 1. The summed E-state index contributed by atoms with van der Waals surface area (Å²) in [6.07, 6.45) is -0.240. The van der Waals surface area contributed by atoms with Gasteiger partial charge in [0.2, 0.25) is 0 Å². The van der Waals surface area contributed by atoms with Gasteiger partial charge in [0.25, 0.3) is 5.91 Å². The Kier molecular flexibility index (Phi) is 4.28. The molecule has 0 aliphatic carbocycles. The van der Waals surface area contributed by atoms with Crippen LogP contribution in [0.5, 0.6) is 0 Å². The second kappa shape index (κ2) is 6.38. The van der Waals surface area contributed by atoms with Gasteiger partial charge in [-0.3, -0.25) is 4.79 Å². The molecule has 5 nitrogen and oxygen atoms in total. The van der Waals surface area contributed by atoms with Gasteiger partial charge >= 0.3 is 0 Å². The molecule has 2 atom stereocenters. The molecule has 1 aliphatic rings. The minimum absolute atomic E-state index is 0.196. The van der Waals surface area contributed by atoms with Crippen molar-refractivity contribution in [3.8, 4) is 6.07 Å². The van der Waals surface area contributed by atoms with E-state index >= 15 is 0 Å². The van der Waals surface area contributed by atoms with Gasteiger partial charge < -0.3 is 10.0 Å². The predicted molar refractivity (Wildman–Crippen MR) is 84.5 cm³/mol. The first-order valence-corrected chi connectivity index (χ1v) is 7.62. The molecule has 122 valence electrons. The third kappa shape index (κ3) is 2.99. The number of amides is 1. The Bertz CT molecular complexity index is 814. The van der Waals surface area contributed by atoms with Crippen LogP contribution in [0.1, 0.15) is 39.8 Å². The summed E-state index contributed by atoms with van der Waals surface area (Å²) < 4.78 is 13.1. The smallest absolute Gasteiger partial charge is 0.273 e. The minimum atomic E-state index is -0.636. The van der Waals surface area contributed by atoms with Crippen molar-refractivity contribution < 1.29 is 14.3 Å². The van der Waals surface area contributed by atoms with Crippen molar-refractivity contribution in [1.82, 2.24) is 9.88 Å². The fourth-order valence-corrected chi connectivity index (χ4v) is 2.98. The largest absolute Gasteiger partial charge is 0.391 e. The highest BCUT2D eigenvalue weighted by atomic mass is 19.1. The van der Waals surface area contributed by atoms with Crippen molar-refractivity contribution in [1.29, 1.82) is 5.26 Å². The number of carbonyl (C=O) groups is 1. The molecule has 0 bridgehead atoms. The Morgan fingerprint density at radius 1 is 1.33 bits per heavy atom. The van der Waals surface area contributed by atoms with E-state index in [9.17, 15) is 14.3 Å². The summed E-state index contributed by atoms with van der Waals surface area (Å²) in [5, 5.41) is 18.9. The molecule has 3 rings (SSSR count). The zero-order valence-corrected chi connectivity index (χ0v) is 13.1. The van der Waals surface area contributed by atoms with Crippen LogP contribution in [0.15, 0.2) is 36.4 Å². The van der Waals surface area contributed by atoms with Gasteiger partial charge in [-0.1, -0.05) is 12.1 Å². The number of halogens is 1. The zero-order valence-electron chi connectivity index (χ0n) is 13.1. The second-order valence-corrected chi connectivity index (χ2v) is 5.86. The molecule has 2 aromatic rings. The normalized spacial score (nSPS) is 20.0. The van der Waals surface area contributed by atoms with Gasteiger partial charge in [0.15, 0.2) is 0 Å². The van der Waals surface area contributed by atoms with Crippen molar-refractivity contribution >= 4 is 5.91 Å². The lowest BCUT2D eigenvalue weighted by molar-refractivity contribution is 0.0709. The van der Waals surface area contributed by atoms with E-state index in [4.69, 9.17) is 5.26 Å². The van der Waals surface area contributed by atoms with Crippen molar-refractivity contribution in [3.63, 3.8) is 0 Å². The molecule has 1 amide bonds. The van der Waals surface area contributed by atoms with Crippen molar-refractivity contribution in [2.24, 2.45) is 0 Å². The number of aromatic nitrogens is 1. The second-order valence-electron chi connectivity index (χ2n) is 5.86. The SMILES string of the molecule is Cc1nc(C(=O)N2CC(O)CC2c2ccc(F)cc2)ccc1C#N. The lowest BCUT2D eigenvalue weighted by Crippen LogP contribution is -2.32. The van der Waals surface area contributed by atoms with Crippen LogP contribution in [0.25, 0.3) is 0 Å². The molecule has 24 heavy (non-hydrogen) atoms. The summed E-state index contributed by atoms with van der Waals surface area (Å²) in [6.45, 7) is 1.87. The molecule has 1 fully saturated rings. The maximum absolute atomic E-state index is 13.1. The molecule has 0 radical (unpaired) electrons. The summed E-state index contributed by atoms with van der Waals surface area (Å²) in [5.74, 6) is -0.659. The van der Waals surface area contributed by atoms with E-state index in [0.717, 1.165) is 5.56 Å². The standard InChI is InChI=1S/C18H16FN3O2/c1-11-13(9-20)4-7-16(21-11)18(24)22-10-15(23)8-17(22)12-2-5-14(19)6-3-12/h2-7,15,17,23H,8,10H2,1H3. The van der Waals surface area contributed by atoms with Crippen LogP contribution in [0.2, 0.25) is 0 Å². The fraction of sp³-hybridized carbons (Fsp3) is 0.278. The Hall–Kier alpha value is -2.78. The van der Waals surface area contributed by atoms with E-state index in [1.165, 1.54) is 18.2 Å². The first-order chi connectivity index (χ1) is 11.5. The average Bonchev–Trinajstić information content (AvgIpc) is 2.96. The third-order valence-electron chi connectivity index (χ3n) is 4.22. The summed E-state index contributed by atoms with van der Waals surface area (Å²) in [4.78, 5) is 18.5. The third-order valence-corrected chi connectivity index (χ3v) is 4.22. The summed E-state index contributed by atoms with van der Waals surface area (Å²) >= 11 is 0. The topological polar surface area (TPSA) is 77.2 Å². The van der Waals surface area contributed by atoms with Crippen LogP contribution in [0.3, 0.4) is 0 Å². The lowest BCUT2D eigenvalue weighted by atomic mass is 10.0. The number of hydrogen-bond acceptors (Lipinski definition) is 4. The highest BCUT2D eigenvalue weighted by Crippen LogP contribution is 2.33. The van der Waals surface area contributed by atoms with Gasteiger partial charge in [-0.05, 0) is 43.2 Å². The number of nitriles is 1. The Labute approximate surface area is 139 Å². The molecular formula is C18H16FN3O2. The van der Waals surface area contributed by atoms with E-state index in [-0.39, 0.29) is 30.0 Å². The molecular weight excluding hydrogens is 309 g/mol. The molecule has 6 heteroatoms. The molecule has 1 N–H and O–H groups in total. The van der Waals surface area contributed by atoms with E-state index in [0.29, 0.717) is 17.7 Å².